The molecule has 12 N–H and O–H groups in total. The highest BCUT2D eigenvalue weighted by Crippen LogP contribution is 2.76. The summed E-state index contributed by atoms with van der Waals surface area (Å²) in [7, 11) is 0. The SMILES string of the molecule is C/C=C(/C)C(=O)O[C@@H]1C(O)[C@H](O[C@H]2[C@H](O)[C@@]3(COC(C)=O)C(CC2(C)C)C2=CCC4[C@@]5(C)CC[C@H](O[C@@H]6OC(C(=O)O)[C@@H](O)[C@@H](CO[C@@H]7O[C@@H](CO)C(O)[C@@H]7O)C6O[C@@H]6OC(CO)[C@H](O)[C@@H](O)C6O)C(C)(C)C5CC[C@@]4(C)[C@]2(C)C[C@H]3O)OC(C)[C@@H]1OC(=O)/C(C)=C\C. The first kappa shape index (κ1) is 73.6. The van der Waals surface area contributed by atoms with Crippen molar-refractivity contribution in [1.29, 1.82) is 0 Å². The number of rotatable bonds is 18. The average molecular weight is 1330 g/mol. The minimum Gasteiger partial charge on any atom is -0.479 e. The number of esters is 3. The number of aliphatic carboxylic acids is 1. The maximum Gasteiger partial charge on any atom is 0.335 e. The number of aliphatic hydroxyl groups excluding tert-OH is 11. The fraction of sp³-hybridized carbons (Fsp3) is 0.848. The monoisotopic (exact) mass is 1330 g/mol. The summed E-state index contributed by atoms with van der Waals surface area (Å²) in [5, 5.41) is 135. The van der Waals surface area contributed by atoms with E-state index in [0.29, 0.717) is 38.5 Å². The van der Waals surface area contributed by atoms with Crippen molar-refractivity contribution in [2.24, 2.45) is 56.2 Å². The Morgan fingerprint density at radius 3 is 1.81 bits per heavy atom. The number of carboxylic acid groups (broad SMARTS) is 1. The number of ether oxygens (including phenoxy) is 11. The van der Waals surface area contributed by atoms with Crippen molar-refractivity contribution in [2.45, 2.75) is 270 Å². The lowest BCUT2D eigenvalue weighted by atomic mass is 9.33. The Hall–Kier alpha value is -3.66. The summed E-state index contributed by atoms with van der Waals surface area (Å²) in [6, 6.07) is 0. The van der Waals surface area contributed by atoms with Gasteiger partial charge in [0.2, 0.25) is 0 Å². The van der Waals surface area contributed by atoms with Crippen molar-refractivity contribution < 1.29 is 133 Å². The van der Waals surface area contributed by atoms with Crippen LogP contribution in [0.4, 0.5) is 0 Å². The summed E-state index contributed by atoms with van der Waals surface area (Å²) in [4.78, 5) is 52.4. The zero-order chi connectivity index (χ0) is 68.7. The van der Waals surface area contributed by atoms with Crippen LogP contribution in [0.2, 0.25) is 0 Å². The minimum absolute atomic E-state index is 0.0301. The molecule has 5 aliphatic carbocycles. The van der Waals surface area contributed by atoms with Crippen LogP contribution in [-0.2, 0) is 71.3 Å². The van der Waals surface area contributed by atoms with Gasteiger partial charge < -0.3 is 113 Å². The highest BCUT2D eigenvalue weighted by atomic mass is 16.8. The van der Waals surface area contributed by atoms with E-state index in [0.717, 1.165) is 5.57 Å². The molecule has 0 spiro atoms. The quantitative estimate of drug-likeness (QED) is 0.0299. The standard InChI is InChI=1S/C66H102O27/c1-14-28(3)55(81)89-48-30(5)85-59(47(77)50(48)90-56(82)29(4)15-2)93-53-52(78)66(27-84-31(6)69)34(22-61(53,7)8)33-16-17-38-63(11)20-19-40(62(9,10)37(63)18-21-64(38,12)65(33,13)23-39(66)70)88-60-49(91-58-46(76)44(74)42(72)35(24-67)87-58)32(41(71)51(92-60)54(79)80)26-83-57-45(75)43(73)36(25-68)86-57/h14-16,30,32,34-53,57-60,67-68,70-78H,17-27H2,1-13H3,(H,79,80)/b28-14-,29-15-/t30?,32-,34?,35?,36+,37?,38?,39-,40+,41+,42+,43?,44-,45+,46?,47?,48+,49?,50-,51?,52+,53+,57-,58+,59+,60-,63+,64-,65-,66+/m1/s1. The fourth-order valence-corrected chi connectivity index (χ4v) is 18.1. The minimum atomic E-state index is -1.98. The molecule has 10 unspecified atom stereocenters. The molecule has 0 amide bonds. The van der Waals surface area contributed by atoms with Crippen LogP contribution in [0.5, 0.6) is 0 Å². The Bertz CT molecular complexity index is 2810. The molecule has 27 nitrogen and oxygen atoms in total. The Kier molecular flexibility index (Phi) is 21.8. The van der Waals surface area contributed by atoms with Gasteiger partial charge >= 0.3 is 23.9 Å². The Labute approximate surface area is 542 Å². The van der Waals surface area contributed by atoms with Gasteiger partial charge in [0.25, 0.3) is 0 Å². The van der Waals surface area contributed by atoms with E-state index in [9.17, 15) is 80.5 Å². The van der Waals surface area contributed by atoms with Crippen LogP contribution in [0, 0.1) is 56.2 Å². The highest BCUT2D eigenvalue weighted by Gasteiger charge is 2.74. The first-order chi connectivity index (χ1) is 43.4. The van der Waals surface area contributed by atoms with E-state index in [1.807, 2.05) is 13.8 Å². The van der Waals surface area contributed by atoms with Gasteiger partial charge in [-0.1, -0.05) is 72.3 Å². The van der Waals surface area contributed by atoms with Crippen LogP contribution in [0.1, 0.15) is 135 Å². The number of hydrogen-bond donors (Lipinski definition) is 12. The number of aliphatic hydroxyl groups is 11. The van der Waals surface area contributed by atoms with Gasteiger partial charge in [-0.2, -0.15) is 0 Å². The summed E-state index contributed by atoms with van der Waals surface area (Å²) in [5.41, 5.74) is -3.45. The van der Waals surface area contributed by atoms with E-state index < -0.39 is 230 Å². The number of fused-ring (bicyclic) bond motifs is 7. The molecule has 4 saturated carbocycles. The number of carbonyl (C=O) groups is 4. The van der Waals surface area contributed by atoms with Crippen molar-refractivity contribution in [3.8, 4) is 0 Å². The van der Waals surface area contributed by atoms with Crippen molar-refractivity contribution in [3.63, 3.8) is 0 Å². The molecule has 93 heavy (non-hydrogen) atoms. The molecule has 4 heterocycles. The second-order valence-corrected chi connectivity index (χ2v) is 29.8. The van der Waals surface area contributed by atoms with Gasteiger partial charge in [-0.25, -0.2) is 14.4 Å². The Morgan fingerprint density at radius 1 is 0.634 bits per heavy atom. The first-order valence-corrected chi connectivity index (χ1v) is 32.7. The van der Waals surface area contributed by atoms with Crippen molar-refractivity contribution in [2.75, 3.05) is 26.4 Å². The molecule has 9 rings (SSSR count). The summed E-state index contributed by atoms with van der Waals surface area (Å²) in [6.07, 6.45) is -25.6. The molecule has 9 aliphatic rings. The predicted molar refractivity (Wildman–Crippen MR) is 321 cm³/mol. The van der Waals surface area contributed by atoms with E-state index >= 15 is 0 Å². The molecular formula is C66H102O27. The maximum absolute atomic E-state index is 13.4. The molecule has 528 valence electrons. The molecule has 0 radical (unpaired) electrons. The highest BCUT2D eigenvalue weighted by molar-refractivity contribution is 5.88. The Balaban J connectivity index is 1.00. The van der Waals surface area contributed by atoms with Crippen molar-refractivity contribution in [1.82, 2.24) is 0 Å². The van der Waals surface area contributed by atoms with Crippen LogP contribution >= 0.6 is 0 Å². The second kappa shape index (κ2) is 27.6. The topological polar surface area (TPSA) is 413 Å². The third kappa shape index (κ3) is 12.7. The fourth-order valence-electron chi connectivity index (χ4n) is 18.1. The van der Waals surface area contributed by atoms with Gasteiger partial charge in [0, 0.05) is 24.0 Å². The Morgan fingerprint density at radius 2 is 1.22 bits per heavy atom. The van der Waals surface area contributed by atoms with Crippen molar-refractivity contribution in [3.05, 3.63) is 34.9 Å². The molecule has 0 aromatic rings. The van der Waals surface area contributed by atoms with Crippen LogP contribution in [-0.4, -0.2) is 247 Å². The summed E-state index contributed by atoms with van der Waals surface area (Å²) < 4.78 is 67.2. The molecule has 27 heteroatoms. The third-order valence-corrected chi connectivity index (χ3v) is 23.9. The molecule has 4 saturated heterocycles. The molecule has 30 atom stereocenters. The van der Waals surface area contributed by atoms with Gasteiger partial charge in [-0.3, -0.25) is 4.79 Å². The average Bonchev–Trinajstić information content (AvgIpc) is 0.899. The molecule has 0 aromatic heterocycles. The predicted octanol–water partition coefficient (Wildman–Crippen LogP) is 0.962. The van der Waals surface area contributed by atoms with Gasteiger partial charge in [0.15, 0.2) is 43.5 Å². The smallest absolute Gasteiger partial charge is 0.335 e. The molecule has 4 aliphatic heterocycles. The maximum atomic E-state index is 13.4. The van der Waals surface area contributed by atoms with E-state index in [4.69, 9.17) is 52.1 Å². The summed E-state index contributed by atoms with van der Waals surface area (Å²) in [5.74, 6) is -5.92. The lowest BCUT2D eigenvalue weighted by Gasteiger charge is -2.72. The van der Waals surface area contributed by atoms with Gasteiger partial charge in [-0.05, 0) is 124 Å². The van der Waals surface area contributed by atoms with Crippen molar-refractivity contribution >= 4 is 23.9 Å². The van der Waals surface area contributed by atoms with E-state index in [2.05, 4.69) is 40.7 Å². The largest absolute Gasteiger partial charge is 0.479 e. The summed E-state index contributed by atoms with van der Waals surface area (Å²) in [6.45, 7) is 21.3. The normalized spacial score (nSPS) is 48.0. The zero-order valence-corrected chi connectivity index (χ0v) is 55.5. The molecule has 8 fully saturated rings. The lowest BCUT2D eigenvalue weighted by Crippen LogP contribution is -2.72. The number of allylic oxidation sites excluding steroid dienone is 4. The van der Waals surface area contributed by atoms with Crippen LogP contribution in [0.25, 0.3) is 0 Å². The molecule has 0 aromatic carbocycles. The number of carbonyl (C=O) groups excluding carboxylic acids is 3. The van der Waals surface area contributed by atoms with E-state index in [-0.39, 0.29) is 29.4 Å². The van der Waals surface area contributed by atoms with Gasteiger partial charge in [-0.15, -0.1) is 0 Å². The van der Waals surface area contributed by atoms with E-state index in [1.165, 1.54) is 19.9 Å². The molecular weight excluding hydrogens is 1220 g/mol. The first-order valence-electron chi connectivity index (χ1n) is 32.7. The second-order valence-electron chi connectivity index (χ2n) is 29.8. The number of hydrogen-bond acceptors (Lipinski definition) is 26. The van der Waals surface area contributed by atoms with Crippen LogP contribution in [0.3, 0.4) is 0 Å². The van der Waals surface area contributed by atoms with Crippen LogP contribution in [0.15, 0.2) is 34.9 Å². The van der Waals surface area contributed by atoms with Crippen LogP contribution < -0.4 is 0 Å². The molecule has 0 bridgehead atoms. The van der Waals surface area contributed by atoms with E-state index in [1.54, 1.807) is 33.8 Å². The van der Waals surface area contributed by atoms with Gasteiger partial charge in [0.1, 0.15) is 61.5 Å². The van der Waals surface area contributed by atoms with Gasteiger partial charge in [0.05, 0.1) is 61.9 Å². The zero-order valence-electron chi connectivity index (χ0n) is 55.5. The summed E-state index contributed by atoms with van der Waals surface area (Å²) >= 11 is 0. The third-order valence-electron chi connectivity index (χ3n) is 23.9. The number of carboxylic acids is 1. The lowest BCUT2D eigenvalue weighted by molar-refractivity contribution is -0.373.